The van der Waals surface area contributed by atoms with Crippen molar-refractivity contribution in [3.8, 4) is 0 Å². The summed E-state index contributed by atoms with van der Waals surface area (Å²) in [7, 11) is 1.29. The summed E-state index contributed by atoms with van der Waals surface area (Å²) in [4.78, 5) is 22.7. The lowest BCUT2D eigenvalue weighted by atomic mass is 10.2. The Bertz CT molecular complexity index is 435. The van der Waals surface area contributed by atoms with Crippen molar-refractivity contribution in [2.24, 2.45) is 0 Å². The number of hydrogen-bond donors (Lipinski definition) is 3. The van der Waals surface area contributed by atoms with Gasteiger partial charge in [-0.2, -0.15) is 0 Å². The molecule has 0 spiro atoms. The largest absolute Gasteiger partial charge is 0.453 e. The van der Waals surface area contributed by atoms with E-state index in [1.54, 1.807) is 24.3 Å². The average Bonchev–Trinajstić information content (AvgIpc) is 2.39. The minimum absolute atomic E-state index is 0.0730. The smallest absolute Gasteiger partial charge is 0.411 e. The van der Waals surface area contributed by atoms with Gasteiger partial charge in [0.05, 0.1) is 7.11 Å². The van der Waals surface area contributed by atoms with E-state index in [9.17, 15) is 9.59 Å². The van der Waals surface area contributed by atoms with Crippen molar-refractivity contribution in [1.82, 2.24) is 5.32 Å². The first-order chi connectivity index (χ1) is 9.15. The second-order valence-corrected chi connectivity index (χ2v) is 3.85. The highest BCUT2D eigenvalue weighted by molar-refractivity contribution is 5.92. The number of benzene rings is 1. The molecule has 1 aromatic carbocycles. The van der Waals surface area contributed by atoms with Gasteiger partial charge in [-0.05, 0) is 24.7 Å². The molecule has 1 rings (SSSR count). The van der Waals surface area contributed by atoms with Crippen molar-refractivity contribution in [1.29, 1.82) is 0 Å². The lowest BCUT2D eigenvalue weighted by Crippen LogP contribution is -2.21. The summed E-state index contributed by atoms with van der Waals surface area (Å²) in [5.74, 6) is -0.0730. The number of methoxy groups -OCH3 is 1. The van der Waals surface area contributed by atoms with Gasteiger partial charge >= 0.3 is 6.09 Å². The molecule has 3 N–H and O–H groups in total. The topological polar surface area (TPSA) is 79.5 Å². The summed E-state index contributed by atoms with van der Waals surface area (Å²) >= 11 is 0. The van der Waals surface area contributed by atoms with Gasteiger partial charge in [0.15, 0.2) is 0 Å². The summed E-state index contributed by atoms with van der Waals surface area (Å²) in [6, 6.07) is 6.88. The molecule has 0 radical (unpaired) electrons. The number of amides is 2. The van der Waals surface area contributed by atoms with Gasteiger partial charge in [-0.3, -0.25) is 10.1 Å². The number of carbonyl (C=O) groups is 2. The summed E-state index contributed by atoms with van der Waals surface area (Å²) < 4.78 is 4.49. The van der Waals surface area contributed by atoms with E-state index in [0.29, 0.717) is 24.3 Å². The van der Waals surface area contributed by atoms with E-state index in [1.165, 1.54) is 7.11 Å². The van der Waals surface area contributed by atoms with Gasteiger partial charge in [0.2, 0.25) is 5.91 Å². The Morgan fingerprint density at radius 3 is 2.53 bits per heavy atom. The maximum Gasteiger partial charge on any atom is 0.411 e. The molecule has 6 heteroatoms. The molecular formula is C13H19N3O3. The Hall–Kier alpha value is -2.08. The van der Waals surface area contributed by atoms with Crippen LogP contribution >= 0.6 is 0 Å². The molecule has 0 saturated carbocycles. The van der Waals surface area contributed by atoms with Crippen molar-refractivity contribution < 1.29 is 14.3 Å². The SMILES string of the molecule is CCNCCC(=O)Nc1cccc(NC(=O)OC)c1. The van der Waals surface area contributed by atoms with Crippen molar-refractivity contribution in [3.63, 3.8) is 0 Å². The second kappa shape index (κ2) is 8.10. The zero-order valence-corrected chi connectivity index (χ0v) is 11.2. The van der Waals surface area contributed by atoms with Crippen molar-refractivity contribution in [2.45, 2.75) is 13.3 Å². The fourth-order valence-corrected chi connectivity index (χ4v) is 1.45. The predicted octanol–water partition coefficient (Wildman–Crippen LogP) is 1.80. The molecule has 6 nitrogen and oxygen atoms in total. The fraction of sp³-hybridized carbons (Fsp3) is 0.385. The second-order valence-electron chi connectivity index (χ2n) is 3.85. The minimum Gasteiger partial charge on any atom is -0.453 e. The van der Waals surface area contributed by atoms with E-state index in [0.717, 1.165) is 6.54 Å². The Morgan fingerprint density at radius 2 is 1.89 bits per heavy atom. The molecule has 0 saturated heterocycles. The van der Waals surface area contributed by atoms with Gasteiger partial charge in [-0.15, -0.1) is 0 Å². The molecule has 0 aliphatic rings. The molecular weight excluding hydrogens is 246 g/mol. The van der Waals surface area contributed by atoms with Gasteiger partial charge in [0.1, 0.15) is 0 Å². The van der Waals surface area contributed by atoms with Crippen LogP contribution in [0, 0.1) is 0 Å². The van der Waals surface area contributed by atoms with Crippen LogP contribution in [0.15, 0.2) is 24.3 Å². The molecule has 0 aliphatic carbocycles. The maximum absolute atomic E-state index is 11.6. The normalized spacial score (nSPS) is 9.79. The molecule has 2 amide bonds. The third-order valence-corrected chi connectivity index (χ3v) is 2.36. The average molecular weight is 265 g/mol. The maximum atomic E-state index is 11.6. The monoisotopic (exact) mass is 265 g/mol. The molecule has 19 heavy (non-hydrogen) atoms. The van der Waals surface area contributed by atoms with Crippen LogP contribution in [0.1, 0.15) is 13.3 Å². The standard InChI is InChI=1S/C13H19N3O3/c1-3-14-8-7-12(17)15-10-5-4-6-11(9-10)16-13(18)19-2/h4-6,9,14H,3,7-8H2,1-2H3,(H,15,17)(H,16,18). The Balaban J connectivity index is 2.52. The zero-order valence-electron chi connectivity index (χ0n) is 11.2. The van der Waals surface area contributed by atoms with Crippen LogP contribution in [0.2, 0.25) is 0 Å². The summed E-state index contributed by atoms with van der Waals surface area (Å²) in [5, 5.41) is 8.37. The van der Waals surface area contributed by atoms with E-state index in [-0.39, 0.29) is 5.91 Å². The van der Waals surface area contributed by atoms with Crippen molar-refractivity contribution in [2.75, 3.05) is 30.8 Å². The van der Waals surface area contributed by atoms with Crippen LogP contribution in [0.3, 0.4) is 0 Å². The summed E-state index contributed by atoms with van der Waals surface area (Å²) in [5.41, 5.74) is 1.20. The molecule has 0 unspecified atom stereocenters. The van der Waals surface area contributed by atoms with Gasteiger partial charge in [-0.1, -0.05) is 13.0 Å². The van der Waals surface area contributed by atoms with E-state index in [4.69, 9.17) is 0 Å². The molecule has 104 valence electrons. The molecule has 1 aromatic rings. The van der Waals surface area contributed by atoms with Crippen LogP contribution in [-0.2, 0) is 9.53 Å². The Kier molecular flexibility index (Phi) is 6.38. The highest BCUT2D eigenvalue weighted by Gasteiger charge is 2.04. The summed E-state index contributed by atoms with van der Waals surface area (Å²) in [6.07, 6.45) is -0.140. The van der Waals surface area contributed by atoms with E-state index < -0.39 is 6.09 Å². The van der Waals surface area contributed by atoms with Gasteiger partial charge in [0.25, 0.3) is 0 Å². The van der Waals surface area contributed by atoms with E-state index >= 15 is 0 Å². The molecule has 0 bridgehead atoms. The van der Waals surface area contributed by atoms with Gasteiger partial charge in [-0.25, -0.2) is 4.79 Å². The van der Waals surface area contributed by atoms with Crippen LogP contribution in [-0.4, -0.2) is 32.2 Å². The minimum atomic E-state index is -0.546. The highest BCUT2D eigenvalue weighted by atomic mass is 16.5. The molecule has 0 aliphatic heterocycles. The molecule has 0 aromatic heterocycles. The van der Waals surface area contributed by atoms with Crippen LogP contribution in [0.4, 0.5) is 16.2 Å². The lowest BCUT2D eigenvalue weighted by Gasteiger charge is -2.08. The van der Waals surface area contributed by atoms with E-state index in [1.807, 2.05) is 6.92 Å². The summed E-state index contributed by atoms with van der Waals surface area (Å²) in [6.45, 7) is 3.47. The quantitative estimate of drug-likeness (QED) is 0.685. The van der Waals surface area contributed by atoms with Gasteiger partial charge < -0.3 is 15.4 Å². The fourth-order valence-electron chi connectivity index (χ4n) is 1.45. The molecule has 0 heterocycles. The zero-order chi connectivity index (χ0) is 14.1. The lowest BCUT2D eigenvalue weighted by molar-refractivity contribution is -0.116. The number of carbonyl (C=O) groups excluding carboxylic acids is 2. The first kappa shape index (κ1) is 15.0. The van der Waals surface area contributed by atoms with Gasteiger partial charge in [0, 0.05) is 24.3 Å². The van der Waals surface area contributed by atoms with Crippen molar-refractivity contribution >= 4 is 23.4 Å². The molecule has 0 atom stereocenters. The first-order valence-electron chi connectivity index (χ1n) is 6.11. The van der Waals surface area contributed by atoms with Crippen LogP contribution < -0.4 is 16.0 Å². The van der Waals surface area contributed by atoms with Crippen molar-refractivity contribution in [3.05, 3.63) is 24.3 Å². The predicted molar refractivity (Wildman–Crippen MR) is 74.3 cm³/mol. The third-order valence-electron chi connectivity index (χ3n) is 2.36. The number of anilines is 2. The number of hydrogen-bond acceptors (Lipinski definition) is 4. The van der Waals surface area contributed by atoms with Crippen LogP contribution in [0.5, 0.6) is 0 Å². The number of ether oxygens (including phenoxy) is 1. The number of rotatable bonds is 6. The number of nitrogens with one attached hydrogen (secondary N) is 3. The first-order valence-corrected chi connectivity index (χ1v) is 6.11. The highest BCUT2D eigenvalue weighted by Crippen LogP contribution is 2.15. The Labute approximate surface area is 112 Å². The van der Waals surface area contributed by atoms with E-state index in [2.05, 4.69) is 20.7 Å². The Morgan fingerprint density at radius 1 is 1.21 bits per heavy atom. The molecule has 0 fully saturated rings. The third kappa shape index (κ3) is 5.87. The van der Waals surface area contributed by atoms with Crippen LogP contribution in [0.25, 0.3) is 0 Å².